The van der Waals surface area contributed by atoms with Gasteiger partial charge in [-0.05, 0) is 43.1 Å². The molecule has 9 heteroatoms. The second kappa shape index (κ2) is 10.2. The summed E-state index contributed by atoms with van der Waals surface area (Å²) < 4.78 is 32.3. The van der Waals surface area contributed by atoms with Gasteiger partial charge in [0.15, 0.2) is 5.76 Å². The van der Waals surface area contributed by atoms with Crippen molar-refractivity contribution in [1.82, 2.24) is 19.4 Å². The fourth-order valence-electron chi connectivity index (χ4n) is 4.18. The Balaban J connectivity index is 1.33. The summed E-state index contributed by atoms with van der Waals surface area (Å²) in [7, 11) is -1.54. The lowest BCUT2D eigenvalue weighted by molar-refractivity contribution is 0.0917. The number of sulfonamides is 1. The van der Waals surface area contributed by atoms with Gasteiger partial charge in [0, 0.05) is 52.4 Å². The quantitative estimate of drug-likeness (QED) is 0.681. The first-order valence-electron chi connectivity index (χ1n) is 11.3. The van der Waals surface area contributed by atoms with Crippen molar-refractivity contribution in [1.29, 1.82) is 0 Å². The second-order valence-corrected chi connectivity index (χ2v) is 10.5. The van der Waals surface area contributed by atoms with E-state index < -0.39 is 15.9 Å². The Morgan fingerprint density at radius 2 is 1.69 bits per heavy atom. The third-order valence-corrected chi connectivity index (χ3v) is 7.93. The lowest BCUT2D eigenvalue weighted by atomic mass is 10.1. The standard InChI is InChI=1S/C23H32N4O4S/c1-25-12-14-26(15-13-25)18-20-7-5-6-19(16-20)17-24-23(28)21-8-9-22(31-21)32(29,30)27-10-3-2-4-11-27/h5-9,16H,2-4,10-15,17-18H2,1H3,(H,24,28). The molecule has 0 atom stereocenters. The highest BCUT2D eigenvalue weighted by Crippen LogP contribution is 2.22. The summed E-state index contributed by atoms with van der Waals surface area (Å²) in [6.45, 7) is 6.50. The number of hydrogen-bond donors (Lipinski definition) is 1. The molecule has 174 valence electrons. The maximum Gasteiger partial charge on any atom is 0.287 e. The topological polar surface area (TPSA) is 86.1 Å². The number of hydrogen-bond acceptors (Lipinski definition) is 6. The number of nitrogens with one attached hydrogen (secondary N) is 1. The summed E-state index contributed by atoms with van der Waals surface area (Å²) in [5.74, 6) is -0.413. The van der Waals surface area contributed by atoms with E-state index in [1.54, 1.807) is 0 Å². The van der Waals surface area contributed by atoms with Gasteiger partial charge in [-0.2, -0.15) is 4.31 Å². The van der Waals surface area contributed by atoms with Crippen molar-refractivity contribution in [3.63, 3.8) is 0 Å². The normalized spacial score (nSPS) is 19.2. The summed E-state index contributed by atoms with van der Waals surface area (Å²) in [6.07, 6.45) is 2.73. The molecule has 0 bridgehead atoms. The minimum atomic E-state index is -3.69. The molecular weight excluding hydrogens is 428 g/mol. The monoisotopic (exact) mass is 460 g/mol. The number of benzene rings is 1. The Bertz CT molecular complexity index is 1020. The van der Waals surface area contributed by atoms with E-state index in [9.17, 15) is 13.2 Å². The van der Waals surface area contributed by atoms with Crippen LogP contribution >= 0.6 is 0 Å². The van der Waals surface area contributed by atoms with Crippen molar-refractivity contribution < 1.29 is 17.6 Å². The average Bonchev–Trinajstić information content (AvgIpc) is 3.31. The Hall–Kier alpha value is -2.20. The van der Waals surface area contributed by atoms with Crippen molar-refractivity contribution in [3.8, 4) is 0 Å². The number of piperazine rings is 1. The maximum absolute atomic E-state index is 12.7. The molecule has 0 spiro atoms. The maximum atomic E-state index is 12.7. The Kier molecular flexibility index (Phi) is 7.30. The molecule has 2 aliphatic rings. The van der Waals surface area contributed by atoms with Gasteiger partial charge in [-0.25, -0.2) is 8.42 Å². The highest BCUT2D eigenvalue weighted by molar-refractivity contribution is 7.89. The number of likely N-dealkylation sites (N-methyl/N-ethyl adjacent to an activating group) is 1. The van der Waals surface area contributed by atoms with Crippen LogP contribution < -0.4 is 5.32 Å². The fraction of sp³-hybridized carbons (Fsp3) is 0.522. The highest BCUT2D eigenvalue weighted by Gasteiger charge is 2.29. The summed E-state index contributed by atoms with van der Waals surface area (Å²) in [5.41, 5.74) is 2.21. The molecule has 0 saturated carbocycles. The summed E-state index contributed by atoms with van der Waals surface area (Å²) in [4.78, 5) is 17.3. The summed E-state index contributed by atoms with van der Waals surface area (Å²) >= 11 is 0. The molecule has 2 fully saturated rings. The number of piperidine rings is 1. The molecular formula is C23H32N4O4S. The third kappa shape index (κ3) is 5.58. The van der Waals surface area contributed by atoms with E-state index in [0.717, 1.165) is 57.5 Å². The SMILES string of the molecule is CN1CCN(Cc2cccc(CNC(=O)c3ccc(S(=O)(=O)N4CCCCC4)o3)c2)CC1. The van der Waals surface area contributed by atoms with E-state index in [4.69, 9.17) is 4.42 Å². The Morgan fingerprint density at radius 3 is 2.44 bits per heavy atom. The number of carbonyl (C=O) groups is 1. The molecule has 1 N–H and O–H groups in total. The van der Waals surface area contributed by atoms with Crippen LogP contribution in [0.5, 0.6) is 0 Å². The molecule has 0 unspecified atom stereocenters. The first-order chi connectivity index (χ1) is 15.4. The number of nitrogens with zero attached hydrogens (tertiary/aromatic N) is 3. The molecule has 2 aromatic rings. The van der Waals surface area contributed by atoms with Gasteiger partial charge in [-0.15, -0.1) is 0 Å². The van der Waals surface area contributed by atoms with Crippen molar-refractivity contribution in [2.24, 2.45) is 0 Å². The fourth-order valence-corrected chi connectivity index (χ4v) is 5.61. The van der Waals surface area contributed by atoms with Crippen LogP contribution in [0.25, 0.3) is 0 Å². The molecule has 1 aromatic heterocycles. The van der Waals surface area contributed by atoms with E-state index >= 15 is 0 Å². The van der Waals surface area contributed by atoms with Crippen molar-refractivity contribution in [2.75, 3.05) is 46.3 Å². The van der Waals surface area contributed by atoms with Crippen LogP contribution in [0.4, 0.5) is 0 Å². The zero-order valence-electron chi connectivity index (χ0n) is 18.6. The minimum absolute atomic E-state index is 0.00850. The van der Waals surface area contributed by atoms with Gasteiger partial charge in [0.2, 0.25) is 5.09 Å². The van der Waals surface area contributed by atoms with Crippen molar-refractivity contribution in [3.05, 3.63) is 53.3 Å². The minimum Gasteiger partial charge on any atom is -0.438 e. The van der Waals surface area contributed by atoms with E-state index in [-0.39, 0.29) is 10.9 Å². The first kappa shape index (κ1) is 23.0. The molecule has 1 amide bonds. The van der Waals surface area contributed by atoms with E-state index in [1.807, 2.05) is 12.1 Å². The van der Waals surface area contributed by atoms with Gasteiger partial charge in [0.05, 0.1) is 0 Å². The third-order valence-electron chi connectivity index (χ3n) is 6.16. The van der Waals surface area contributed by atoms with Gasteiger partial charge in [-0.1, -0.05) is 30.7 Å². The molecule has 4 rings (SSSR count). The molecule has 8 nitrogen and oxygen atoms in total. The summed E-state index contributed by atoms with van der Waals surface area (Å²) in [5, 5.41) is 2.67. The van der Waals surface area contributed by atoms with E-state index in [0.29, 0.717) is 19.6 Å². The Labute approximate surface area is 190 Å². The van der Waals surface area contributed by atoms with Crippen molar-refractivity contribution in [2.45, 2.75) is 37.4 Å². The van der Waals surface area contributed by atoms with Gasteiger partial charge in [0.1, 0.15) is 0 Å². The number of rotatable bonds is 7. The number of amides is 1. The molecule has 3 heterocycles. The van der Waals surface area contributed by atoms with Gasteiger partial charge >= 0.3 is 0 Å². The second-order valence-electron chi connectivity index (χ2n) is 8.67. The predicted octanol–water partition coefficient (Wildman–Crippen LogP) is 2.13. The predicted molar refractivity (Wildman–Crippen MR) is 122 cm³/mol. The lowest BCUT2D eigenvalue weighted by Gasteiger charge is -2.32. The van der Waals surface area contributed by atoms with Crippen LogP contribution in [-0.2, 0) is 23.1 Å². The molecule has 1 aromatic carbocycles. The highest BCUT2D eigenvalue weighted by atomic mass is 32.2. The molecule has 32 heavy (non-hydrogen) atoms. The molecule has 0 radical (unpaired) electrons. The van der Waals surface area contributed by atoms with Gasteiger partial charge in [-0.3, -0.25) is 9.69 Å². The van der Waals surface area contributed by atoms with E-state index in [2.05, 4.69) is 34.3 Å². The van der Waals surface area contributed by atoms with E-state index in [1.165, 1.54) is 22.0 Å². The van der Waals surface area contributed by atoms with Crippen LogP contribution in [0.3, 0.4) is 0 Å². The van der Waals surface area contributed by atoms with Gasteiger partial charge in [0.25, 0.3) is 15.9 Å². The average molecular weight is 461 g/mol. The smallest absolute Gasteiger partial charge is 0.287 e. The summed E-state index contributed by atoms with van der Waals surface area (Å²) in [6, 6.07) is 11.0. The number of furan rings is 1. The lowest BCUT2D eigenvalue weighted by Crippen LogP contribution is -2.43. The molecule has 2 saturated heterocycles. The van der Waals surface area contributed by atoms with Crippen LogP contribution in [0, 0.1) is 0 Å². The van der Waals surface area contributed by atoms with Crippen molar-refractivity contribution >= 4 is 15.9 Å². The van der Waals surface area contributed by atoms with Crippen LogP contribution in [0.15, 0.2) is 45.9 Å². The van der Waals surface area contributed by atoms with Crippen LogP contribution in [-0.4, -0.2) is 74.7 Å². The van der Waals surface area contributed by atoms with Crippen LogP contribution in [0.1, 0.15) is 40.9 Å². The first-order valence-corrected chi connectivity index (χ1v) is 12.7. The number of carbonyl (C=O) groups excluding carboxylic acids is 1. The molecule has 2 aliphatic heterocycles. The zero-order chi connectivity index (χ0) is 22.6. The largest absolute Gasteiger partial charge is 0.438 e. The van der Waals surface area contributed by atoms with Crippen LogP contribution in [0.2, 0.25) is 0 Å². The Morgan fingerprint density at radius 1 is 0.969 bits per heavy atom. The van der Waals surface area contributed by atoms with Gasteiger partial charge < -0.3 is 14.6 Å². The zero-order valence-corrected chi connectivity index (χ0v) is 19.4. The molecule has 0 aliphatic carbocycles.